The van der Waals surface area contributed by atoms with Crippen molar-refractivity contribution in [2.45, 2.75) is 32.4 Å². The minimum absolute atomic E-state index is 0.0433. The van der Waals surface area contributed by atoms with Crippen LogP contribution in [0.25, 0.3) is 0 Å². The second-order valence-corrected chi connectivity index (χ2v) is 5.96. The Bertz CT molecular complexity index is 546. The molecule has 0 saturated carbocycles. The van der Waals surface area contributed by atoms with E-state index < -0.39 is 0 Å². The minimum atomic E-state index is -0.0433. The molecule has 114 valence electrons. The molecule has 2 amide bonds. The van der Waals surface area contributed by atoms with E-state index in [9.17, 15) is 4.79 Å². The number of fused-ring (bicyclic) bond motifs is 1. The molecule has 1 N–H and O–H groups in total. The summed E-state index contributed by atoms with van der Waals surface area (Å²) in [5.41, 5.74) is 3.43. The fraction of sp³-hybridized carbons (Fsp3) is 0.562. The van der Waals surface area contributed by atoms with Crippen LogP contribution >= 0.6 is 0 Å². The van der Waals surface area contributed by atoms with Gasteiger partial charge in [0.25, 0.3) is 0 Å². The molecule has 2 aliphatic rings. The third kappa shape index (κ3) is 2.70. The number of carbonyl (C=O) groups is 1. The smallest absolute Gasteiger partial charge is 0.322 e. The largest absolute Gasteiger partial charge is 0.375 e. The number of morpholine rings is 1. The van der Waals surface area contributed by atoms with Gasteiger partial charge in [-0.15, -0.1) is 0 Å². The summed E-state index contributed by atoms with van der Waals surface area (Å²) in [4.78, 5) is 16.5. The van der Waals surface area contributed by atoms with E-state index in [2.05, 4.69) is 29.4 Å². The Labute approximate surface area is 125 Å². The van der Waals surface area contributed by atoms with Crippen molar-refractivity contribution in [1.29, 1.82) is 0 Å². The molecular weight excluding hydrogens is 266 g/mol. The van der Waals surface area contributed by atoms with Gasteiger partial charge >= 0.3 is 6.03 Å². The molecule has 2 unspecified atom stereocenters. The summed E-state index contributed by atoms with van der Waals surface area (Å²) in [5.74, 6) is 0. The van der Waals surface area contributed by atoms with E-state index in [0.29, 0.717) is 13.2 Å². The zero-order valence-electron chi connectivity index (χ0n) is 12.9. The topological polar surface area (TPSA) is 44.8 Å². The molecule has 3 rings (SSSR count). The zero-order chi connectivity index (χ0) is 15.0. The van der Waals surface area contributed by atoms with Gasteiger partial charge in [-0.1, -0.05) is 6.07 Å². The molecule has 5 heteroatoms. The minimum Gasteiger partial charge on any atom is -0.375 e. The predicted molar refractivity (Wildman–Crippen MR) is 84.0 cm³/mol. The van der Waals surface area contributed by atoms with E-state index in [-0.39, 0.29) is 18.2 Å². The summed E-state index contributed by atoms with van der Waals surface area (Å²) >= 11 is 0. The molecule has 0 bridgehead atoms. The van der Waals surface area contributed by atoms with E-state index in [1.807, 2.05) is 24.8 Å². The van der Waals surface area contributed by atoms with Crippen molar-refractivity contribution < 1.29 is 9.53 Å². The lowest BCUT2D eigenvalue weighted by atomic mass is 10.1. The van der Waals surface area contributed by atoms with Crippen molar-refractivity contribution in [3.63, 3.8) is 0 Å². The monoisotopic (exact) mass is 289 g/mol. The molecule has 0 aromatic heterocycles. The molecule has 1 saturated heterocycles. The Morgan fingerprint density at radius 2 is 2.14 bits per heavy atom. The number of amides is 2. The number of rotatable bonds is 1. The summed E-state index contributed by atoms with van der Waals surface area (Å²) in [6, 6.07) is 6.22. The molecule has 0 spiro atoms. The van der Waals surface area contributed by atoms with Gasteiger partial charge in [0.1, 0.15) is 0 Å². The number of likely N-dealkylation sites (N-methyl/N-ethyl adjacent to an activating group) is 1. The van der Waals surface area contributed by atoms with Crippen molar-refractivity contribution in [2.24, 2.45) is 0 Å². The fourth-order valence-electron chi connectivity index (χ4n) is 3.03. The lowest BCUT2D eigenvalue weighted by Gasteiger charge is -2.37. The molecule has 0 aliphatic carbocycles. The van der Waals surface area contributed by atoms with Gasteiger partial charge in [0, 0.05) is 31.5 Å². The van der Waals surface area contributed by atoms with Crippen LogP contribution in [0.5, 0.6) is 0 Å². The number of carbonyl (C=O) groups excluding carboxylic acids is 1. The molecule has 2 aliphatic heterocycles. The molecule has 0 radical (unpaired) electrons. The molecule has 1 aromatic carbocycles. The molecule has 2 atom stereocenters. The maximum atomic E-state index is 12.5. The summed E-state index contributed by atoms with van der Waals surface area (Å²) in [7, 11) is 2.09. The van der Waals surface area contributed by atoms with E-state index >= 15 is 0 Å². The number of hydrogen-bond acceptors (Lipinski definition) is 3. The van der Waals surface area contributed by atoms with Gasteiger partial charge in [0.15, 0.2) is 0 Å². The van der Waals surface area contributed by atoms with Gasteiger partial charge in [-0.3, -0.25) is 0 Å². The van der Waals surface area contributed by atoms with Crippen molar-refractivity contribution >= 4 is 17.4 Å². The summed E-state index contributed by atoms with van der Waals surface area (Å²) in [6.45, 7) is 6.33. The van der Waals surface area contributed by atoms with E-state index in [1.54, 1.807) is 0 Å². The Hall–Kier alpha value is -1.75. The van der Waals surface area contributed by atoms with Crippen LogP contribution in [0.2, 0.25) is 0 Å². The van der Waals surface area contributed by atoms with Crippen LogP contribution in [0.15, 0.2) is 18.2 Å². The average molecular weight is 289 g/mol. The number of urea groups is 1. The third-order valence-electron chi connectivity index (χ3n) is 4.61. The molecule has 2 heterocycles. The molecular formula is C16H23N3O2. The van der Waals surface area contributed by atoms with Crippen LogP contribution < -0.4 is 10.2 Å². The van der Waals surface area contributed by atoms with Gasteiger partial charge < -0.3 is 19.9 Å². The highest BCUT2D eigenvalue weighted by Gasteiger charge is 2.29. The maximum absolute atomic E-state index is 12.5. The molecule has 1 aromatic rings. The van der Waals surface area contributed by atoms with Crippen molar-refractivity contribution in [3.05, 3.63) is 23.8 Å². The highest BCUT2D eigenvalue weighted by Crippen LogP contribution is 2.29. The predicted octanol–water partition coefficient (Wildman–Crippen LogP) is 2.32. The number of ether oxygens (including phenoxy) is 1. The maximum Gasteiger partial charge on any atom is 0.322 e. The number of nitrogens with one attached hydrogen (secondary N) is 1. The second kappa shape index (κ2) is 5.56. The van der Waals surface area contributed by atoms with Crippen LogP contribution in [0.1, 0.15) is 19.4 Å². The van der Waals surface area contributed by atoms with Crippen molar-refractivity contribution in [2.75, 3.05) is 37.0 Å². The first-order chi connectivity index (χ1) is 10.1. The Morgan fingerprint density at radius 1 is 1.33 bits per heavy atom. The quantitative estimate of drug-likeness (QED) is 0.863. The highest BCUT2D eigenvalue weighted by atomic mass is 16.5. The molecule has 5 nitrogen and oxygen atoms in total. The van der Waals surface area contributed by atoms with E-state index in [1.165, 1.54) is 11.3 Å². The highest BCUT2D eigenvalue weighted by molar-refractivity contribution is 5.90. The standard InChI is InChI=1S/C16H23N3O2/c1-11-12(2)21-9-8-19(11)16(20)17-14-5-4-13-6-7-18(3)15(13)10-14/h4-5,10-12H,6-9H2,1-3H3,(H,17,20). The number of nitrogens with zero attached hydrogens (tertiary/aromatic N) is 2. The van der Waals surface area contributed by atoms with Gasteiger partial charge in [0.2, 0.25) is 0 Å². The third-order valence-corrected chi connectivity index (χ3v) is 4.61. The van der Waals surface area contributed by atoms with Crippen LogP contribution in [0.3, 0.4) is 0 Å². The van der Waals surface area contributed by atoms with Gasteiger partial charge in [-0.2, -0.15) is 0 Å². The average Bonchev–Trinajstić information content (AvgIpc) is 2.83. The van der Waals surface area contributed by atoms with Gasteiger partial charge in [0.05, 0.1) is 18.8 Å². The first kappa shape index (κ1) is 14.2. The number of anilines is 2. The van der Waals surface area contributed by atoms with Crippen LogP contribution in [-0.2, 0) is 11.2 Å². The van der Waals surface area contributed by atoms with Crippen LogP contribution in [0.4, 0.5) is 16.2 Å². The van der Waals surface area contributed by atoms with E-state index in [4.69, 9.17) is 4.74 Å². The Kier molecular flexibility index (Phi) is 3.76. The van der Waals surface area contributed by atoms with Crippen molar-refractivity contribution in [3.8, 4) is 0 Å². The first-order valence-corrected chi connectivity index (χ1v) is 7.59. The Morgan fingerprint density at radius 3 is 2.95 bits per heavy atom. The SMILES string of the molecule is CC1OCCN(C(=O)Nc2ccc3c(c2)N(C)CC3)C1C. The summed E-state index contributed by atoms with van der Waals surface area (Å²) in [5, 5.41) is 3.02. The normalized spacial score (nSPS) is 24.9. The fourth-order valence-corrected chi connectivity index (χ4v) is 3.03. The van der Waals surface area contributed by atoms with Gasteiger partial charge in [-0.25, -0.2) is 4.79 Å². The zero-order valence-corrected chi connectivity index (χ0v) is 12.9. The summed E-state index contributed by atoms with van der Waals surface area (Å²) in [6.07, 6.45) is 1.16. The van der Waals surface area contributed by atoms with Crippen LogP contribution in [0, 0.1) is 0 Å². The molecule has 21 heavy (non-hydrogen) atoms. The summed E-state index contributed by atoms with van der Waals surface area (Å²) < 4.78 is 5.57. The second-order valence-electron chi connectivity index (χ2n) is 5.96. The van der Waals surface area contributed by atoms with E-state index in [0.717, 1.165) is 18.7 Å². The number of hydrogen-bond donors (Lipinski definition) is 1. The lowest BCUT2D eigenvalue weighted by molar-refractivity contribution is -0.0355. The first-order valence-electron chi connectivity index (χ1n) is 7.59. The van der Waals surface area contributed by atoms with Gasteiger partial charge in [-0.05, 0) is 38.0 Å². The van der Waals surface area contributed by atoms with Crippen LogP contribution in [-0.4, -0.2) is 49.8 Å². The molecule has 1 fully saturated rings. The number of benzene rings is 1. The lowest BCUT2D eigenvalue weighted by Crippen LogP contribution is -2.52. The van der Waals surface area contributed by atoms with Crippen molar-refractivity contribution in [1.82, 2.24) is 4.90 Å². The Balaban J connectivity index is 1.72.